The molecule has 0 aliphatic carbocycles. The highest BCUT2D eigenvalue weighted by Gasteiger charge is 2.07. The molecule has 0 saturated carbocycles. The molecule has 144 valence electrons. The summed E-state index contributed by atoms with van der Waals surface area (Å²) in [4.78, 5) is 14.6. The molecule has 0 aliphatic heterocycles. The van der Waals surface area contributed by atoms with Crippen molar-refractivity contribution in [1.82, 2.24) is 5.43 Å². The van der Waals surface area contributed by atoms with Crippen molar-refractivity contribution in [3.8, 4) is 5.75 Å². The van der Waals surface area contributed by atoms with Crippen LogP contribution in [0.4, 0.5) is 5.69 Å². The van der Waals surface area contributed by atoms with E-state index in [0.29, 0.717) is 12.2 Å². The van der Waals surface area contributed by atoms with Crippen molar-refractivity contribution in [3.05, 3.63) is 59.7 Å². The first-order chi connectivity index (χ1) is 13.1. The summed E-state index contributed by atoms with van der Waals surface area (Å²) in [6.07, 6.45) is 0.976. The van der Waals surface area contributed by atoms with E-state index in [1.165, 1.54) is 0 Å². The van der Waals surface area contributed by atoms with Gasteiger partial charge in [0.15, 0.2) is 0 Å². The first-order valence-electron chi connectivity index (χ1n) is 9.51. The molecule has 0 spiro atoms. The number of nitrogens with one attached hydrogen (secondary N) is 1. The van der Waals surface area contributed by atoms with Gasteiger partial charge in [-0.15, -0.1) is 0 Å². The molecule has 5 heteroatoms. The van der Waals surface area contributed by atoms with Gasteiger partial charge in [0, 0.05) is 24.3 Å². The Hall–Kier alpha value is -2.82. The van der Waals surface area contributed by atoms with Crippen LogP contribution in [0.25, 0.3) is 0 Å². The molecule has 0 fully saturated rings. The second-order valence-electron chi connectivity index (χ2n) is 6.23. The van der Waals surface area contributed by atoms with Crippen LogP contribution in [0.2, 0.25) is 0 Å². The van der Waals surface area contributed by atoms with Gasteiger partial charge in [0.2, 0.25) is 0 Å². The fraction of sp³-hybridized carbons (Fsp3) is 0.364. The molecule has 0 heterocycles. The van der Waals surface area contributed by atoms with E-state index in [9.17, 15) is 4.79 Å². The van der Waals surface area contributed by atoms with Gasteiger partial charge in [0.25, 0.3) is 5.91 Å². The standard InChI is InChI=1S/C22H29N3O2/c1-5-16-27-21-14-10-18(11-15-21)17(4)23-24-22(26)19-8-12-20(13-9-19)25(6-2)7-3/h8-15H,5-7,16H2,1-4H3,(H,24,26)/b23-17-. The minimum absolute atomic E-state index is 0.219. The number of ether oxygens (including phenoxy) is 1. The van der Waals surface area contributed by atoms with Crippen LogP contribution >= 0.6 is 0 Å². The van der Waals surface area contributed by atoms with Gasteiger partial charge in [-0.3, -0.25) is 4.79 Å². The molecular weight excluding hydrogens is 338 g/mol. The molecule has 0 saturated heterocycles. The molecule has 0 aromatic heterocycles. The zero-order valence-electron chi connectivity index (χ0n) is 16.7. The van der Waals surface area contributed by atoms with Gasteiger partial charge in [-0.2, -0.15) is 5.10 Å². The minimum atomic E-state index is -0.219. The summed E-state index contributed by atoms with van der Waals surface area (Å²) < 4.78 is 5.58. The quantitative estimate of drug-likeness (QED) is 0.525. The van der Waals surface area contributed by atoms with Crippen molar-refractivity contribution in [1.29, 1.82) is 0 Å². The van der Waals surface area contributed by atoms with Gasteiger partial charge < -0.3 is 9.64 Å². The lowest BCUT2D eigenvalue weighted by atomic mass is 10.1. The number of hydrogen-bond acceptors (Lipinski definition) is 4. The number of carbonyl (C=O) groups is 1. The SMILES string of the molecule is CCCOc1ccc(/C(C)=N\NC(=O)c2ccc(N(CC)CC)cc2)cc1. The normalized spacial score (nSPS) is 11.2. The summed E-state index contributed by atoms with van der Waals surface area (Å²) in [5.41, 5.74) is 6.01. The van der Waals surface area contributed by atoms with E-state index >= 15 is 0 Å². The maximum atomic E-state index is 12.3. The van der Waals surface area contributed by atoms with Crippen LogP contribution in [0, 0.1) is 0 Å². The van der Waals surface area contributed by atoms with E-state index in [4.69, 9.17) is 4.74 Å². The van der Waals surface area contributed by atoms with E-state index in [2.05, 4.69) is 36.2 Å². The van der Waals surface area contributed by atoms with Crippen molar-refractivity contribution >= 4 is 17.3 Å². The molecule has 0 atom stereocenters. The van der Waals surface area contributed by atoms with Crippen molar-refractivity contribution in [3.63, 3.8) is 0 Å². The fourth-order valence-electron chi connectivity index (χ4n) is 2.69. The lowest BCUT2D eigenvalue weighted by Gasteiger charge is -2.20. The molecule has 2 rings (SSSR count). The van der Waals surface area contributed by atoms with Crippen LogP contribution in [0.1, 0.15) is 50.0 Å². The third-order valence-electron chi connectivity index (χ3n) is 4.33. The summed E-state index contributed by atoms with van der Waals surface area (Å²) in [6, 6.07) is 15.3. The van der Waals surface area contributed by atoms with Crippen LogP contribution < -0.4 is 15.1 Å². The Morgan fingerprint density at radius 3 is 2.11 bits per heavy atom. The Morgan fingerprint density at radius 2 is 1.56 bits per heavy atom. The second-order valence-corrected chi connectivity index (χ2v) is 6.23. The molecule has 2 aromatic carbocycles. The molecule has 0 unspecified atom stereocenters. The third-order valence-corrected chi connectivity index (χ3v) is 4.33. The predicted molar refractivity (Wildman–Crippen MR) is 112 cm³/mol. The number of amides is 1. The Labute approximate surface area is 162 Å². The highest BCUT2D eigenvalue weighted by molar-refractivity contribution is 6.01. The summed E-state index contributed by atoms with van der Waals surface area (Å²) >= 11 is 0. The summed E-state index contributed by atoms with van der Waals surface area (Å²) in [5, 5.41) is 4.22. The zero-order valence-corrected chi connectivity index (χ0v) is 16.7. The first kappa shape index (κ1) is 20.5. The zero-order chi connectivity index (χ0) is 19.6. The Kier molecular flexibility index (Phi) is 7.86. The highest BCUT2D eigenvalue weighted by Crippen LogP contribution is 2.15. The van der Waals surface area contributed by atoms with E-state index in [0.717, 1.165) is 42.2 Å². The monoisotopic (exact) mass is 367 g/mol. The van der Waals surface area contributed by atoms with Gasteiger partial charge in [0.1, 0.15) is 5.75 Å². The third kappa shape index (κ3) is 5.84. The Morgan fingerprint density at radius 1 is 0.963 bits per heavy atom. The molecule has 2 aromatic rings. The molecular formula is C22H29N3O2. The largest absolute Gasteiger partial charge is 0.494 e. The van der Waals surface area contributed by atoms with E-state index in [1.54, 1.807) is 0 Å². The Bertz CT molecular complexity index is 748. The first-order valence-corrected chi connectivity index (χ1v) is 9.51. The molecule has 1 amide bonds. The number of hydrogen-bond donors (Lipinski definition) is 1. The average molecular weight is 367 g/mol. The van der Waals surface area contributed by atoms with Gasteiger partial charge in [-0.1, -0.05) is 6.92 Å². The van der Waals surface area contributed by atoms with Gasteiger partial charge >= 0.3 is 0 Å². The van der Waals surface area contributed by atoms with Gasteiger partial charge in [0.05, 0.1) is 12.3 Å². The van der Waals surface area contributed by atoms with Gasteiger partial charge in [-0.05, 0) is 81.3 Å². The minimum Gasteiger partial charge on any atom is -0.494 e. The van der Waals surface area contributed by atoms with Crippen LogP contribution in [-0.4, -0.2) is 31.3 Å². The maximum Gasteiger partial charge on any atom is 0.271 e. The number of hydrazone groups is 1. The van der Waals surface area contributed by atoms with E-state index in [1.807, 2.05) is 55.5 Å². The van der Waals surface area contributed by atoms with E-state index < -0.39 is 0 Å². The summed E-state index contributed by atoms with van der Waals surface area (Å²) in [7, 11) is 0. The molecule has 27 heavy (non-hydrogen) atoms. The second kappa shape index (κ2) is 10.4. The number of benzene rings is 2. The number of nitrogens with zero attached hydrogens (tertiary/aromatic N) is 2. The van der Waals surface area contributed by atoms with Crippen molar-refractivity contribution in [2.24, 2.45) is 5.10 Å². The van der Waals surface area contributed by atoms with Crippen LogP contribution in [0.15, 0.2) is 53.6 Å². The molecule has 1 N–H and O–H groups in total. The maximum absolute atomic E-state index is 12.3. The lowest BCUT2D eigenvalue weighted by Crippen LogP contribution is -2.22. The van der Waals surface area contributed by atoms with Crippen molar-refractivity contribution < 1.29 is 9.53 Å². The topological polar surface area (TPSA) is 53.9 Å². The number of rotatable bonds is 9. The van der Waals surface area contributed by atoms with Crippen molar-refractivity contribution in [2.75, 3.05) is 24.6 Å². The number of carbonyl (C=O) groups excluding carboxylic acids is 1. The smallest absolute Gasteiger partial charge is 0.271 e. The fourth-order valence-corrected chi connectivity index (χ4v) is 2.69. The molecule has 0 aliphatic rings. The van der Waals surface area contributed by atoms with Gasteiger partial charge in [-0.25, -0.2) is 5.43 Å². The predicted octanol–water partition coefficient (Wildman–Crippen LogP) is 4.48. The van der Waals surface area contributed by atoms with Crippen LogP contribution in [0.5, 0.6) is 5.75 Å². The molecule has 0 radical (unpaired) electrons. The average Bonchev–Trinajstić information content (AvgIpc) is 2.72. The molecule has 0 bridgehead atoms. The highest BCUT2D eigenvalue weighted by atomic mass is 16.5. The lowest BCUT2D eigenvalue weighted by molar-refractivity contribution is 0.0955. The Balaban J connectivity index is 1.98. The number of anilines is 1. The summed E-state index contributed by atoms with van der Waals surface area (Å²) in [6.45, 7) is 10.8. The van der Waals surface area contributed by atoms with Crippen LogP contribution in [-0.2, 0) is 0 Å². The molecule has 5 nitrogen and oxygen atoms in total. The van der Waals surface area contributed by atoms with Crippen molar-refractivity contribution in [2.45, 2.75) is 34.1 Å². The summed E-state index contributed by atoms with van der Waals surface area (Å²) in [5.74, 6) is 0.620. The van der Waals surface area contributed by atoms with E-state index in [-0.39, 0.29) is 5.91 Å². The van der Waals surface area contributed by atoms with Crippen LogP contribution in [0.3, 0.4) is 0 Å².